The Morgan fingerprint density at radius 1 is 1.37 bits per heavy atom. The molecule has 0 amide bonds. The number of nitrogens with one attached hydrogen (secondary N) is 1. The molecule has 1 aromatic carbocycles. The number of nitro benzene ring substituents is 1. The van der Waals surface area contributed by atoms with Gasteiger partial charge in [-0.25, -0.2) is 0 Å². The van der Waals surface area contributed by atoms with Crippen molar-refractivity contribution in [3.63, 3.8) is 0 Å². The number of nitrogens with two attached hydrogens (primary N) is 1. The van der Waals surface area contributed by atoms with Crippen molar-refractivity contribution in [3.05, 3.63) is 28.3 Å². The van der Waals surface area contributed by atoms with Crippen LogP contribution in [0.5, 0.6) is 0 Å². The van der Waals surface area contributed by atoms with Gasteiger partial charge in [0.05, 0.1) is 4.92 Å². The fraction of sp³-hybridized carbons (Fsp3) is 0.500. The van der Waals surface area contributed by atoms with E-state index in [4.69, 9.17) is 5.73 Å². The SMILES string of the molecule is Nc1cc(NCCN2CCSCC2)cc([N+](=O)[O-])c1. The molecule has 2 rings (SSSR count). The molecule has 0 atom stereocenters. The predicted octanol–water partition coefficient (Wildman–Crippen LogP) is 1.64. The molecule has 1 aliphatic rings. The molecule has 104 valence electrons. The molecule has 7 heteroatoms. The van der Waals surface area contributed by atoms with Crippen LogP contribution in [0.4, 0.5) is 17.1 Å². The van der Waals surface area contributed by atoms with E-state index in [9.17, 15) is 10.1 Å². The molecule has 1 aliphatic heterocycles. The number of benzene rings is 1. The number of hydrogen-bond acceptors (Lipinski definition) is 6. The Labute approximate surface area is 116 Å². The van der Waals surface area contributed by atoms with Crippen LogP contribution in [0.2, 0.25) is 0 Å². The van der Waals surface area contributed by atoms with E-state index >= 15 is 0 Å². The molecule has 1 saturated heterocycles. The molecule has 0 aliphatic carbocycles. The number of hydrogen-bond donors (Lipinski definition) is 2. The van der Waals surface area contributed by atoms with Gasteiger partial charge in [-0.3, -0.25) is 15.0 Å². The molecule has 1 aromatic rings. The summed E-state index contributed by atoms with van der Waals surface area (Å²) in [6.07, 6.45) is 0. The van der Waals surface area contributed by atoms with Crippen LogP contribution in [0.25, 0.3) is 0 Å². The topological polar surface area (TPSA) is 84.4 Å². The first-order valence-electron chi connectivity index (χ1n) is 6.24. The minimum Gasteiger partial charge on any atom is -0.398 e. The van der Waals surface area contributed by atoms with Crippen LogP contribution >= 0.6 is 11.8 Å². The standard InChI is InChI=1S/C12H18N4O2S/c13-10-7-11(9-12(8-10)16(17)18)14-1-2-15-3-5-19-6-4-15/h7-9,14H,1-6,13H2. The van der Waals surface area contributed by atoms with Gasteiger partial charge in [0.15, 0.2) is 0 Å². The summed E-state index contributed by atoms with van der Waals surface area (Å²) < 4.78 is 0. The summed E-state index contributed by atoms with van der Waals surface area (Å²) in [5.41, 5.74) is 6.79. The highest BCUT2D eigenvalue weighted by Gasteiger charge is 2.11. The van der Waals surface area contributed by atoms with Crippen LogP contribution in [0, 0.1) is 10.1 Å². The Balaban J connectivity index is 1.86. The van der Waals surface area contributed by atoms with Gasteiger partial charge in [-0.2, -0.15) is 11.8 Å². The fourth-order valence-electron chi connectivity index (χ4n) is 2.03. The minimum atomic E-state index is -0.427. The number of nitrogen functional groups attached to an aromatic ring is 1. The third-order valence-electron chi connectivity index (χ3n) is 3.01. The number of anilines is 2. The second kappa shape index (κ2) is 6.63. The van der Waals surface area contributed by atoms with Gasteiger partial charge >= 0.3 is 0 Å². The summed E-state index contributed by atoms with van der Waals surface area (Å²) in [5, 5.41) is 13.9. The molecule has 0 bridgehead atoms. The third-order valence-corrected chi connectivity index (χ3v) is 3.95. The van der Waals surface area contributed by atoms with Crippen molar-refractivity contribution in [2.45, 2.75) is 0 Å². The van der Waals surface area contributed by atoms with Crippen molar-refractivity contribution in [3.8, 4) is 0 Å². The van der Waals surface area contributed by atoms with Crippen LogP contribution in [-0.2, 0) is 0 Å². The number of non-ortho nitro benzene ring substituents is 1. The summed E-state index contributed by atoms with van der Waals surface area (Å²) in [6.45, 7) is 3.95. The van der Waals surface area contributed by atoms with Crippen LogP contribution in [0.15, 0.2) is 18.2 Å². The third kappa shape index (κ3) is 4.29. The van der Waals surface area contributed by atoms with Crippen molar-refractivity contribution in [1.82, 2.24) is 4.90 Å². The smallest absolute Gasteiger partial charge is 0.273 e. The largest absolute Gasteiger partial charge is 0.398 e. The summed E-state index contributed by atoms with van der Waals surface area (Å²) in [6, 6.07) is 4.61. The highest BCUT2D eigenvalue weighted by Crippen LogP contribution is 2.22. The van der Waals surface area contributed by atoms with E-state index in [1.807, 2.05) is 11.8 Å². The van der Waals surface area contributed by atoms with Gasteiger partial charge in [-0.1, -0.05) is 0 Å². The normalized spacial score (nSPS) is 16.2. The van der Waals surface area contributed by atoms with E-state index in [1.54, 1.807) is 6.07 Å². The average molecular weight is 282 g/mol. The highest BCUT2D eigenvalue weighted by molar-refractivity contribution is 7.99. The second-order valence-electron chi connectivity index (χ2n) is 4.45. The van der Waals surface area contributed by atoms with E-state index in [0.29, 0.717) is 11.4 Å². The fourth-order valence-corrected chi connectivity index (χ4v) is 3.00. The van der Waals surface area contributed by atoms with Gasteiger partial charge in [0.2, 0.25) is 0 Å². The van der Waals surface area contributed by atoms with Crippen molar-refractivity contribution in [2.75, 3.05) is 48.7 Å². The minimum absolute atomic E-state index is 0.0249. The first-order valence-corrected chi connectivity index (χ1v) is 7.39. The Kier molecular flexibility index (Phi) is 4.86. The lowest BCUT2D eigenvalue weighted by Gasteiger charge is -2.26. The summed E-state index contributed by atoms with van der Waals surface area (Å²) in [5.74, 6) is 2.37. The molecule has 0 spiro atoms. The Morgan fingerprint density at radius 3 is 2.79 bits per heavy atom. The molecule has 6 nitrogen and oxygen atoms in total. The molecule has 1 fully saturated rings. The lowest BCUT2D eigenvalue weighted by atomic mass is 10.2. The average Bonchev–Trinajstić information content (AvgIpc) is 2.39. The second-order valence-corrected chi connectivity index (χ2v) is 5.68. The molecular formula is C12H18N4O2S. The van der Waals surface area contributed by atoms with Crippen molar-refractivity contribution >= 4 is 28.8 Å². The van der Waals surface area contributed by atoms with Crippen LogP contribution < -0.4 is 11.1 Å². The number of nitrogens with zero attached hydrogens (tertiary/aromatic N) is 2. The van der Waals surface area contributed by atoms with Crippen LogP contribution in [0.1, 0.15) is 0 Å². The number of thioether (sulfide) groups is 1. The Hall–Kier alpha value is -1.47. The lowest BCUT2D eigenvalue weighted by Crippen LogP contribution is -2.36. The number of rotatable bonds is 5. The first kappa shape index (κ1) is 14.0. The maximum Gasteiger partial charge on any atom is 0.273 e. The molecule has 0 aromatic heterocycles. The quantitative estimate of drug-likeness (QED) is 0.485. The van der Waals surface area contributed by atoms with Gasteiger partial charge in [-0.05, 0) is 6.07 Å². The van der Waals surface area contributed by atoms with E-state index in [1.165, 1.54) is 23.6 Å². The van der Waals surface area contributed by atoms with Gasteiger partial charge in [0.1, 0.15) is 0 Å². The van der Waals surface area contributed by atoms with E-state index in [0.717, 1.165) is 26.2 Å². The van der Waals surface area contributed by atoms with Crippen LogP contribution in [-0.4, -0.2) is 47.5 Å². The highest BCUT2D eigenvalue weighted by atomic mass is 32.2. The zero-order chi connectivity index (χ0) is 13.7. The monoisotopic (exact) mass is 282 g/mol. The van der Waals surface area contributed by atoms with Crippen LogP contribution in [0.3, 0.4) is 0 Å². The van der Waals surface area contributed by atoms with Gasteiger partial charge < -0.3 is 11.1 Å². The first-order chi connectivity index (χ1) is 9.15. The summed E-state index contributed by atoms with van der Waals surface area (Å²) in [7, 11) is 0. The predicted molar refractivity (Wildman–Crippen MR) is 79.8 cm³/mol. The van der Waals surface area contributed by atoms with Gasteiger partial charge in [0.25, 0.3) is 5.69 Å². The van der Waals surface area contributed by atoms with E-state index in [2.05, 4.69) is 10.2 Å². The van der Waals surface area contributed by atoms with E-state index < -0.39 is 4.92 Å². The molecule has 19 heavy (non-hydrogen) atoms. The molecule has 0 saturated carbocycles. The molecule has 0 radical (unpaired) electrons. The Morgan fingerprint density at radius 2 is 2.11 bits per heavy atom. The summed E-state index contributed by atoms with van der Waals surface area (Å²) in [4.78, 5) is 12.7. The van der Waals surface area contributed by atoms with Crippen molar-refractivity contribution in [1.29, 1.82) is 0 Å². The molecular weight excluding hydrogens is 264 g/mol. The van der Waals surface area contributed by atoms with Gasteiger partial charge in [0, 0.05) is 61.2 Å². The maximum absolute atomic E-state index is 10.7. The van der Waals surface area contributed by atoms with Gasteiger partial charge in [-0.15, -0.1) is 0 Å². The molecule has 1 heterocycles. The maximum atomic E-state index is 10.7. The lowest BCUT2D eigenvalue weighted by molar-refractivity contribution is -0.384. The molecule has 0 unspecified atom stereocenters. The van der Waals surface area contributed by atoms with Crippen molar-refractivity contribution < 1.29 is 4.92 Å². The zero-order valence-corrected chi connectivity index (χ0v) is 11.5. The van der Waals surface area contributed by atoms with E-state index in [-0.39, 0.29) is 5.69 Å². The van der Waals surface area contributed by atoms with Crippen molar-refractivity contribution in [2.24, 2.45) is 0 Å². The Bertz CT molecular complexity index is 449. The number of nitro groups is 1. The zero-order valence-electron chi connectivity index (χ0n) is 10.7. The summed E-state index contributed by atoms with van der Waals surface area (Å²) >= 11 is 1.98. The molecule has 3 N–H and O–H groups in total.